The highest BCUT2D eigenvalue weighted by Gasteiger charge is 2.20. The number of benzene rings is 2. The third-order valence-electron chi connectivity index (χ3n) is 3.83. The Labute approximate surface area is 153 Å². The van der Waals surface area contributed by atoms with Gasteiger partial charge in [0.2, 0.25) is 5.75 Å². The van der Waals surface area contributed by atoms with E-state index in [1.54, 1.807) is 31.3 Å². The Hall–Kier alpha value is -2.60. The highest BCUT2D eigenvalue weighted by Crippen LogP contribution is 2.41. The van der Waals surface area contributed by atoms with Gasteiger partial charge in [0, 0.05) is 30.4 Å². The molecule has 0 fully saturated rings. The lowest BCUT2D eigenvalue weighted by Gasteiger charge is -2.21. The molecule has 0 aromatic heterocycles. The van der Waals surface area contributed by atoms with Crippen LogP contribution >= 0.6 is 12.4 Å². The van der Waals surface area contributed by atoms with Crippen molar-refractivity contribution in [3.8, 4) is 17.2 Å². The summed E-state index contributed by atoms with van der Waals surface area (Å²) in [7, 11) is 6.28. The molecule has 0 spiro atoms. The number of amides is 1. The Bertz CT molecular complexity index is 740. The van der Waals surface area contributed by atoms with E-state index in [4.69, 9.17) is 19.9 Å². The van der Waals surface area contributed by atoms with Gasteiger partial charge in [0.05, 0.1) is 27.0 Å². The average molecular weight is 367 g/mol. The fourth-order valence-corrected chi connectivity index (χ4v) is 2.43. The second-order valence-electron chi connectivity index (χ2n) is 5.32. The average Bonchev–Trinajstić information content (AvgIpc) is 2.60. The van der Waals surface area contributed by atoms with E-state index in [2.05, 4.69) is 0 Å². The molecule has 0 saturated heterocycles. The van der Waals surface area contributed by atoms with E-state index in [1.807, 2.05) is 13.0 Å². The van der Waals surface area contributed by atoms with Gasteiger partial charge in [-0.2, -0.15) is 0 Å². The van der Waals surface area contributed by atoms with Gasteiger partial charge >= 0.3 is 0 Å². The molecule has 2 aromatic carbocycles. The molecule has 0 bridgehead atoms. The van der Waals surface area contributed by atoms with Crippen LogP contribution < -0.4 is 24.8 Å². The zero-order valence-corrected chi connectivity index (χ0v) is 15.8. The number of rotatable bonds is 5. The van der Waals surface area contributed by atoms with E-state index in [0.29, 0.717) is 34.2 Å². The van der Waals surface area contributed by atoms with Gasteiger partial charge in [0.25, 0.3) is 5.91 Å². The van der Waals surface area contributed by atoms with E-state index in [1.165, 1.54) is 26.2 Å². The minimum atomic E-state index is -0.172. The summed E-state index contributed by atoms with van der Waals surface area (Å²) in [4.78, 5) is 14.3. The summed E-state index contributed by atoms with van der Waals surface area (Å²) in [6.07, 6.45) is 0. The molecule has 2 rings (SSSR count). The monoisotopic (exact) mass is 366 g/mol. The summed E-state index contributed by atoms with van der Waals surface area (Å²) < 4.78 is 16.0. The molecule has 0 unspecified atom stereocenters. The number of nitrogen functional groups attached to an aromatic ring is 1. The maximum absolute atomic E-state index is 12.8. The fourth-order valence-electron chi connectivity index (χ4n) is 2.43. The van der Waals surface area contributed by atoms with Crippen LogP contribution in [0.4, 0.5) is 11.4 Å². The summed E-state index contributed by atoms with van der Waals surface area (Å²) in [6.45, 7) is 1.87. The molecule has 2 N–H and O–H groups in total. The minimum Gasteiger partial charge on any atom is -0.493 e. The number of aryl methyl sites for hydroxylation is 1. The van der Waals surface area contributed by atoms with Crippen LogP contribution in [0.5, 0.6) is 17.2 Å². The summed E-state index contributed by atoms with van der Waals surface area (Å²) in [5.41, 5.74) is 8.37. The second kappa shape index (κ2) is 8.48. The summed E-state index contributed by atoms with van der Waals surface area (Å²) in [6, 6.07) is 8.71. The van der Waals surface area contributed by atoms with Gasteiger partial charge in [0.15, 0.2) is 11.5 Å². The van der Waals surface area contributed by atoms with E-state index < -0.39 is 0 Å². The first kappa shape index (κ1) is 20.4. The van der Waals surface area contributed by atoms with Crippen molar-refractivity contribution in [3.63, 3.8) is 0 Å². The number of ether oxygens (including phenoxy) is 3. The summed E-state index contributed by atoms with van der Waals surface area (Å²) in [5.74, 6) is 1.27. The van der Waals surface area contributed by atoms with Crippen LogP contribution in [0.1, 0.15) is 15.9 Å². The van der Waals surface area contributed by atoms with E-state index in [9.17, 15) is 4.79 Å². The first-order valence-electron chi connectivity index (χ1n) is 7.37. The lowest BCUT2D eigenvalue weighted by Crippen LogP contribution is -2.27. The number of methoxy groups -OCH3 is 3. The predicted molar refractivity (Wildman–Crippen MR) is 102 cm³/mol. The topological polar surface area (TPSA) is 74.0 Å². The number of nitrogens with two attached hydrogens (primary N) is 1. The zero-order valence-electron chi connectivity index (χ0n) is 15.0. The van der Waals surface area contributed by atoms with Crippen LogP contribution in [-0.2, 0) is 0 Å². The van der Waals surface area contributed by atoms with Gasteiger partial charge in [0.1, 0.15) is 0 Å². The van der Waals surface area contributed by atoms with Crippen LogP contribution in [-0.4, -0.2) is 34.3 Å². The number of carbonyl (C=O) groups excluding carboxylic acids is 1. The number of anilines is 2. The standard InChI is InChI=1S/C18H22N2O4.ClH/c1-11-6-7-12(19)8-14(11)18(21)20(2)13-9-15(22-3)17(24-5)16(10-13)23-4;/h6-10H,19H2,1-5H3;1H. The Kier molecular flexibility index (Phi) is 6.94. The minimum absolute atomic E-state index is 0. The van der Waals surface area contributed by atoms with E-state index >= 15 is 0 Å². The molecule has 25 heavy (non-hydrogen) atoms. The Morgan fingerprint density at radius 2 is 1.56 bits per heavy atom. The van der Waals surface area contributed by atoms with Crippen LogP contribution in [0.3, 0.4) is 0 Å². The largest absolute Gasteiger partial charge is 0.493 e. The third kappa shape index (κ3) is 4.09. The van der Waals surface area contributed by atoms with Crippen LogP contribution in [0, 0.1) is 6.92 Å². The number of hydrogen-bond donors (Lipinski definition) is 1. The van der Waals surface area contributed by atoms with Gasteiger partial charge in [-0.05, 0) is 24.6 Å². The molecule has 0 aliphatic heterocycles. The molecule has 0 aliphatic rings. The lowest BCUT2D eigenvalue weighted by atomic mass is 10.1. The molecule has 2 aromatic rings. The Morgan fingerprint density at radius 1 is 1.00 bits per heavy atom. The van der Waals surface area contributed by atoms with Gasteiger partial charge in [-0.15, -0.1) is 12.4 Å². The van der Waals surface area contributed by atoms with Gasteiger partial charge < -0.3 is 24.8 Å². The van der Waals surface area contributed by atoms with Crippen molar-refractivity contribution in [1.82, 2.24) is 0 Å². The van der Waals surface area contributed by atoms with Crippen molar-refractivity contribution >= 4 is 29.7 Å². The third-order valence-corrected chi connectivity index (χ3v) is 3.83. The normalized spacial score (nSPS) is 9.80. The van der Waals surface area contributed by atoms with Gasteiger partial charge in [-0.3, -0.25) is 4.79 Å². The molecular weight excluding hydrogens is 344 g/mol. The molecule has 6 nitrogen and oxygen atoms in total. The predicted octanol–water partition coefficient (Wildman–Crippen LogP) is 3.30. The number of nitrogens with zero attached hydrogens (tertiary/aromatic N) is 1. The maximum atomic E-state index is 12.8. The molecule has 1 amide bonds. The molecule has 7 heteroatoms. The Morgan fingerprint density at radius 3 is 2.04 bits per heavy atom. The quantitative estimate of drug-likeness (QED) is 0.822. The van der Waals surface area contributed by atoms with E-state index in [0.717, 1.165) is 5.56 Å². The Balaban J connectivity index is 0.00000312. The van der Waals surface area contributed by atoms with Crippen LogP contribution in [0.2, 0.25) is 0 Å². The smallest absolute Gasteiger partial charge is 0.258 e. The molecule has 0 saturated carbocycles. The van der Waals surface area contributed by atoms with Crippen molar-refractivity contribution in [3.05, 3.63) is 41.5 Å². The molecule has 136 valence electrons. The molecular formula is C18H23ClN2O4. The zero-order chi connectivity index (χ0) is 17.9. The lowest BCUT2D eigenvalue weighted by molar-refractivity contribution is 0.0992. The van der Waals surface area contributed by atoms with Crippen molar-refractivity contribution in [2.45, 2.75) is 6.92 Å². The van der Waals surface area contributed by atoms with Crippen LogP contribution in [0.25, 0.3) is 0 Å². The number of hydrogen-bond acceptors (Lipinski definition) is 5. The summed E-state index contributed by atoms with van der Waals surface area (Å²) in [5, 5.41) is 0. The SMILES string of the molecule is COc1cc(N(C)C(=O)c2cc(N)ccc2C)cc(OC)c1OC.Cl. The van der Waals surface area contributed by atoms with Gasteiger partial charge in [-0.25, -0.2) is 0 Å². The molecule has 0 radical (unpaired) electrons. The number of halogens is 1. The first-order chi connectivity index (χ1) is 11.4. The maximum Gasteiger partial charge on any atom is 0.258 e. The molecule has 0 atom stereocenters. The highest BCUT2D eigenvalue weighted by molar-refractivity contribution is 6.07. The van der Waals surface area contributed by atoms with Crippen molar-refractivity contribution in [2.24, 2.45) is 0 Å². The fraction of sp³-hybridized carbons (Fsp3) is 0.278. The number of carbonyl (C=O) groups is 1. The van der Waals surface area contributed by atoms with E-state index in [-0.39, 0.29) is 18.3 Å². The van der Waals surface area contributed by atoms with Crippen molar-refractivity contribution < 1.29 is 19.0 Å². The summed E-state index contributed by atoms with van der Waals surface area (Å²) >= 11 is 0. The van der Waals surface area contributed by atoms with Crippen LogP contribution in [0.15, 0.2) is 30.3 Å². The molecule has 0 aliphatic carbocycles. The second-order valence-corrected chi connectivity index (χ2v) is 5.32. The van der Waals surface area contributed by atoms with Gasteiger partial charge in [-0.1, -0.05) is 6.07 Å². The van der Waals surface area contributed by atoms with Crippen molar-refractivity contribution in [2.75, 3.05) is 39.0 Å². The molecule has 0 heterocycles. The highest BCUT2D eigenvalue weighted by atomic mass is 35.5. The first-order valence-corrected chi connectivity index (χ1v) is 7.37. The van der Waals surface area contributed by atoms with Crippen molar-refractivity contribution in [1.29, 1.82) is 0 Å².